The molecule has 0 aromatic carbocycles. The van der Waals surface area contributed by atoms with Gasteiger partial charge in [0.05, 0.1) is 22.3 Å². The molecule has 2 rings (SSSR count). The van der Waals surface area contributed by atoms with Crippen LogP contribution in [-0.4, -0.2) is 24.8 Å². The van der Waals surface area contributed by atoms with Gasteiger partial charge in [-0.15, -0.1) is 11.3 Å². The molecule has 0 atom stereocenters. The van der Waals surface area contributed by atoms with E-state index in [0.717, 1.165) is 0 Å². The molecule has 2 aromatic rings. The summed E-state index contributed by atoms with van der Waals surface area (Å²) < 4.78 is 25.9. The van der Waals surface area contributed by atoms with Crippen molar-refractivity contribution in [3.8, 4) is 0 Å². The van der Waals surface area contributed by atoms with Crippen LogP contribution in [0.4, 0.5) is 0 Å². The van der Waals surface area contributed by atoms with Gasteiger partial charge in [0.2, 0.25) is 0 Å². The van der Waals surface area contributed by atoms with Gasteiger partial charge in [-0.05, 0) is 17.5 Å². The lowest BCUT2D eigenvalue weighted by Crippen LogP contribution is -2.26. The molecule has 0 amide bonds. The van der Waals surface area contributed by atoms with Crippen molar-refractivity contribution in [3.05, 3.63) is 45.5 Å². The van der Waals surface area contributed by atoms with Crippen molar-refractivity contribution >= 4 is 44.6 Å². The second kappa shape index (κ2) is 5.76. The highest BCUT2D eigenvalue weighted by atomic mass is 35.5. The van der Waals surface area contributed by atoms with E-state index in [1.807, 2.05) is 0 Å². The summed E-state index contributed by atoms with van der Waals surface area (Å²) in [6.07, 6.45) is 1.44. The number of hydrogen-bond acceptors (Lipinski definition) is 4. The van der Waals surface area contributed by atoms with Crippen molar-refractivity contribution < 1.29 is 8.42 Å². The Balaban J connectivity index is 2.24. The van der Waals surface area contributed by atoms with Crippen molar-refractivity contribution in [1.82, 2.24) is 9.29 Å². The number of pyridine rings is 1. The van der Waals surface area contributed by atoms with Crippen LogP contribution >= 0.6 is 34.5 Å². The Morgan fingerprint density at radius 3 is 2.74 bits per heavy atom. The van der Waals surface area contributed by atoms with Crippen LogP contribution in [0.15, 0.2) is 34.0 Å². The number of sulfonamides is 1. The second-order valence-corrected chi connectivity index (χ2v) is 7.84. The number of aromatic nitrogens is 1. The van der Waals surface area contributed by atoms with E-state index in [0.29, 0.717) is 19.9 Å². The molecule has 0 unspecified atom stereocenters. The molecule has 2 heterocycles. The highest BCUT2D eigenvalue weighted by Crippen LogP contribution is 2.24. The van der Waals surface area contributed by atoms with Crippen LogP contribution < -0.4 is 0 Å². The maximum Gasteiger partial charge on any atom is 0.252 e. The molecule has 0 aliphatic rings. The first-order valence-electron chi connectivity index (χ1n) is 5.21. The SMILES string of the molecule is CN(Cc1ncc(Cl)cc1Cl)S(=O)(=O)c1cccs1. The van der Waals surface area contributed by atoms with E-state index in [1.165, 1.54) is 35.0 Å². The van der Waals surface area contributed by atoms with Crippen LogP contribution in [0.5, 0.6) is 0 Å². The summed E-state index contributed by atoms with van der Waals surface area (Å²) in [6, 6.07) is 4.79. The Hall–Kier alpha value is -0.660. The summed E-state index contributed by atoms with van der Waals surface area (Å²) in [5.41, 5.74) is 0.466. The molecular formula is C11H10Cl2N2O2S2. The summed E-state index contributed by atoms with van der Waals surface area (Å²) >= 11 is 12.9. The molecule has 19 heavy (non-hydrogen) atoms. The summed E-state index contributed by atoms with van der Waals surface area (Å²) in [6.45, 7) is 0.0935. The molecule has 0 aliphatic heterocycles. The molecular weight excluding hydrogens is 327 g/mol. The summed E-state index contributed by atoms with van der Waals surface area (Å²) in [7, 11) is -2.01. The maximum atomic E-state index is 12.2. The molecule has 0 spiro atoms. The zero-order valence-corrected chi connectivity index (χ0v) is 13.0. The Kier molecular flexibility index (Phi) is 4.47. The minimum absolute atomic E-state index is 0.0935. The average molecular weight is 337 g/mol. The molecule has 0 radical (unpaired) electrons. The lowest BCUT2D eigenvalue weighted by atomic mass is 10.3. The van der Waals surface area contributed by atoms with Gasteiger partial charge in [-0.1, -0.05) is 29.3 Å². The first-order chi connectivity index (χ1) is 8.91. The zero-order chi connectivity index (χ0) is 14.0. The highest BCUT2D eigenvalue weighted by Gasteiger charge is 2.23. The second-order valence-electron chi connectivity index (χ2n) is 3.78. The molecule has 0 fully saturated rings. The molecule has 0 aliphatic carbocycles. The smallest absolute Gasteiger partial charge is 0.252 e. The van der Waals surface area contributed by atoms with Gasteiger partial charge in [0.25, 0.3) is 10.0 Å². The minimum atomic E-state index is -3.50. The van der Waals surface area contributed by atoms with E-state index in [9.17, 15) is 8.42 Å². The molecule has 0 bridgehead atoms. The third kappa shape index (κ3) is 3.27. The van der Waals surface area contributed by atoms with Crippen molar-refractivity contribution in [2.24, 2.45) is 0 Å². The third-order valence-electron chi connectivity index (χ3n) is 2.42. The van der Waals surface area contributed by atoms with Crippen molar-refractivity contribution in [2.45, 2.75) is 10.8 Å². The van der Waals surface area contributed by atoms with Gasteiger partial charge in [-0.2, -0.15) is 4.31 Å². The number of thiophene rings is 1. The van der Waals surface area contributed by atoms with Crippen molar-refractivity contribution in [3.63, 3.8) is 0 Å². The Labute approximate surface area is 125 Å². The fourth-order valence-corrected chi connectivity index (χ4v) is 4.19. The first-order valence-corrected chi connectivity index (χ1v) is 8.28. The lowest BCUT2D eigenvalue weighted by Gasteiger charge is -2.16. The fourth-order valence-electron chi connectivity index (χ4n) is 1.42. The van der Waals surface area contributed by atoms with Crippen LogP contribution in [0.3, 0.4) is 0 Å². The zero-order valence-electron chi connectivity index (χ0n) is 9.88. The van der Waals surface area contributed by atoms with E-state index in [2.05, 4.69) is 4.98 Å². The maximum absolute atomic E-state index is 12.2. The van der Waals surface area contributed by atoms with Crippen LogP contribution in [0.25, 0.3) is 0 Å². The van der Waals surface area contributed by atoms with E-state index in [-0.39, 0.29) is 6.54 Å². The number of rotatable bonds is 4. The normalized spacial score (nSPS) is 12.0. The van der Waals surface area contributed by atoms with Gasteiger partial charge in [-0.3, -0.25) is 4.98 Å². The highest BCUT2D eigenvalue weighted by molar-refractivity contribution is 7.91. The fraction of sp³-hybridized carbons (Fsp3) is 0.182. The van der Waals surface area contributed by atoms with Crippen LogP contribution in [-0.2, 0) is 16.6 Å². The largest absolute Gasteiger partial charge is 0.257 e. The number of nitrogens with zero attached hydrogens (tertiary/aromatic N) is 2. The molecule has 0 N–H and O–H groups in total. The molecule has 102 valence electrons. The Bertz CT molecular complexity index is 672. The van der Waals surface area contributed by atoms with Gasteiger partial charge < -0.3 is 0 Å². The van der Waals surface area contributed by atoms with Crippen LogP contribution in [0, 0.1) is 0 Å². The molecule has 0 saturated carbocycles. The number of hydrogen-bond donors (Lipinski definition) is 0. The third-order valence-corrected chi connectivity index (χ3v) is 6.13. The quantitative estimate of drug-likeness (QED) is 0.860. The predicted octanol–water partition coefficient (Wildman–Crippen LogP) is 3.27. The van der Waals surface area contributed by atoms with Crippen LogP contribution in [0.1, 0.15) is 5.69 Å². The molecule has 4 nitrogen and oxygen atoms in total. The Morgan fingerprint density at radius 1 is 1.42 bits per heavy atom. The molecule has 8 heteroatoms. The van der Waals surface area contributed by atoms with Gasteiger partial charge in [0, 0.05) is 13.2 Å². The number of halogens is 2. The van der Waals surface area contributed by atoms with E-state index >= 15 is 0 Å². The molecule has 2 aromatic heterocycles. The van der Waals surface area contributed by atoms with Gasteiger partial charge in [0.1, 0.15) is 4.21 Å². The minimum Gasteiger partial charge on any atom is -0.257 e. The van der Waals surface area contributed by atoms with Gasteiger partial charge in [-0.25, -0.2) is 8.42 Å². The van der Waals surface area contributed by atoms with Crippen molar-refractivity contribution in [1.29, 1.82) is 0 Å². The lowest BCUT2D eigenvalue weighted by molar-refractivity contribution is 0.464. The van der Waals surface area contributed by atoms with Crippen LogP contribution in [0.2, 0.25) is 10.0 Å². The standard InChI is InChI=1S/C11H10Cl2N2O2S2/c1-15(19(16,17)11-3-2-4-18-11)7-10-9(13)5-8(12)6-14-10/h2-6H,7H2,1H3. The predicted molar refractivity (Wildman–Crippen MR) is 77.2 cm³/mol. The van der Waals surface area contributed by atoms with Gasteiger partial charge >= 0.3 is 0 Å². The van der Waals surface area contributed by atoms with E-state index in [4.69, 9.17) is 23.2 Å². The topological polar surface area (TPSA) is 50.3 Å². The van der Waals surface area contributed by atoms with Gasteiger partial charge in [0.15, 0.2) is 0 Å². The van der Waals surface area contributed by atoms with E-state index in [1.54, 1.807) is 17.5 Å². The summed E-state index contributed by atoms with van der Waals surface area (Å²) in [5.74, 6) is 0. The molecule has 0 saturated heterocycles. The summed E-state index contributed by atoms with van der Waals surface area (Å²) in [4.78, 5) is 4.05. The van der Waals surface area contributed by atoms with Crippen molar-refractivity contribution in [2.75, 3.05) is 7.05 Å². The summed E-state index contributed by atoms with van der Waals surface area (Å²) in [5, 5.41) is 2.48. The Morgan fingerprint density at radius 2 is 2.16 bits per heavy atom. The monoisotopic (exact) mass is 336 g/mol. The first kappa shape index (κ1) is 14.7. The van der Waals surface area contributed by atoms with E-state index < -0.39 is 10.0 Å². The average Bonchev–Trinajstić information content (AvgIpc) is 2.86.